The van der Waals surface area contributed by atoms with E-state index in [4.69, 9.17) is 0 Å². The van der Waals surface area contributed by atoms with Crippen molar-refractivity contribution in [1.29, 1.82) is 0 Å². The van der Waals surface area contributed by atoms with E-state index in [0.717, 1.165) is 25.2 Å². The first-order valence-corrected chi connectivity index (χ1v) is 10.5. The predicted molar refractivity (Wildman–Crippen MR) is 115 cm³/mol. The van der Waals surface area contributed by atoms with Crippen molar-refractivity contribution >= 4 is 22.4 Å². The molecule has 1 amide bonds. The molecule has 0 aliphatic heterocycles. The lowest BCUT2D eigenvalue weighted by atomic mass is 10.1. The Balaban J connectivity index is 1.68. The molecule has 158 valence electrons. The zero-order valence-electron chi connectivity index (χ0n) is 16.8. The van der Waals surface area contributed by atoms with Gasteiger partial charge in [-0.2, -0.15) is 8.78 Å². The molecule has 1 aromatic heterocycles. The molecular formula is C22H23F2N3O2S. The van der Waals surface area contributed by atoms with Gasteiger partial charge in [0.15, 0.2) is 5.13 Å². The van der Waals surface area contributed by atoms with E-state index in [2.05, 4.69) is 33.8 Å². The second kappa shape index (κ2) is 10.3. The quantitative estimate of drug-likeness (QED) is 0.486. The summed E-state index contributed by atoms with van der Waals surface area (Å²) < 4.78 is 29.8. The fraction of sp³-hybridized carbons (Fsp3) is 0.273. The van der Waals surface area contributed by atoms with Crippen LogP contribution in [0.5, 0.6) is 5.75 Å². The first kappa shape index (κ1) is 21.9. The summed E-state index contributed by atoms with van der Waals surface area (Å²) in [7, 11) is 0. The van der Waals surface area contributed by atoms with Crippen LogP contribution in [-0.4, -0.2) is 35.5 Å². The topological polar surface area (TPSA) is 54.5 Å². The van der Waals surface area contributed by atoms with Gasteiger partial charge in [0.2, 0.25) is 0 Å². The number of alkyl halides is 2. The smallest absolute Gasteiger partial charge is 0.387 e. The highest BCUT2D eigenvalue weighted by atomic mass is 32.1. The number of amides is 1. The minimum Gasteiger partial charge on any atom is -0.434 e. The molecule has 0 aliphatic rings. The summed E-state index contributed by atoms with van der Waals surface area (Å²) in [5.41, 5.74) is 2.57. The van der Waals surface area contributed by atoms with E-state index < -0.39 is 6.61 Å². The van der Waals surface area contributed by atoms with Crippen LogP contribution in [0, 0.1) is 0 Å². The lowest BCUT2D eigenvalue weighted by Gasteiger charge is -2.17. The van der Waals surface area contributed by atoms with Gasteiger partial charge in [-0.25, -0.2) is 4.98 Å². The summed E-state index contributed by atoms with van der Waals surface area (Å²) in [6.07, 6.45) is 0. The van der Waals surface area contributed by atoms with E-state index in [0.29, 0.717) is 22.0 Å². The van der Waals surface area contributed by atoms with E-state index in [1.165, 1.54) is 17.4 Å². The van der Waals surface area contributed by atoms with Gasteiger partial charge in [0.05, 0.1) is 5.69 Å². The Hall–Kier alpha value is -2.84. The van der Waals surface area contributed by atoms with E-state index >= 15 is 0 Å². The average molecular weight is 432 g/mol. The Morgan fingerprint density at radius 3 is 2.50 bits per heavy atom. The number of anilines is 1. The first-order valence-electron chi connectivity index (χ1n) is 9.62. The largest absolute Gasteiger partial charge is 0.434 e. The monoisotopic (exact) mass is 431 g/mol. The van der Waals surface area contributed by atoms with Crippen molar-refractivity contribution in [3.8, 4) is 17.0 Å². The zero-order chi connectivity index (χ0) is 21.5. The van der Waals surface area contributed by atoms with E-state index in [-0.39, 0.29) is 11.7 Å². The molecule has 3 aromatic rings. The number of hydrogen-bond donors (Lipinski definition) is 1. The number of thiazole rings is 1. The summed E-state index contributed by atoms with van der Waals surface area (Å²) in [5, 5.41) is 4.83. The molecule has 1 N–H and O–H groups in total. The summed E-state index contributed by atoms with van der Waals surface area (Å²) >= 11 is 1.22. The van der Waals surface area contributed by atoms with Crippen molar-refractivity contribution in [3.05, 3.63) is 65.0 Å². The molecule has 0 atom stereocenters. The van der Waals surface area contributed by atoms with Gasteiger partial charge in [0.1, 0.15) is 5.75 Å². The van der Waals surface area contributed by atoms with Crippen LogP contribution in [0.25, 0.3) is 11.3 Å². The number of para-hydroxylation sites is 1. The highest BCUT2D eigenvalue weighted by Crippen LogP contribution is 2.33. The van der Waals surface area contributed by atoms with Crippen molar-refractivity contribution in [2.45, 2.75) is 27.0 Å². The fourth-order valence-electron chi connectivity index (χ4n) is 2.97. The summed E-state index contributed by atoms with van der Waals surface area (Å²) in [4.78, 5) is 19.2. The van der Waals surface area contributed by atoms with E-state index in [9.17, 15) is 13.6 Å². The van der Waals surface area contributed by atoms with Crippen molar-refractivity contribution < 1.29 is 18.3 Å². The number of nitrogens with zero attached hydrogens (tertiary/aromatic N) is 2. The van der Waals surface area contributed by atoms with Crippen LogP contribution in [0.2, 0.25) is 0 Å². The Labute approximate surface area is 178 Å². The molecule has 1 heterocycles. The van der Waals surface area contributed by atoms with Crippen LogP contribution in [0.3, 0.4) is 0 Å². The fourth-order valence-corrected chi connectivity index (χ4v) is 3.67. The first-order chi connectivity index (χ1) is 14.5. The van der Waals surface area contributed by atoms with Crippen molar-refractivity contribution in [2.75, 3.05) is 18.4 Å². The third kappa shape index (κ3) is 5.61. The second-order valence-corrected chi connectivity index (χ2v) is 7.38. The number of rotatable bonds is 9. The molecule has 30 heavy (non-hydrogen) atoms. The number of aromatic nitrogens is 1. The molecule has 0 radical (unpaired) electrons. The van der Waals surface area contributed by atoms with Gasteiger partial charge in [0, 0.05) is 23.1 Å². The Morgan fingerprint density at radius 2 is 1.83 bits per heavy atom. The summed E-state index contributed by atoms with van der Waals surface area (Å²) in [5.74, 6) is -0.234. The van der Waals surface area contributed by atoms with Crippen molar-refractivity contribution in [1.82, 2.24) is 9.88 Å². The van der Waals surface area contributed by atoms with Crippen LogP contribution in [-0.2, 0) is 6.54 Å². The van der Waals surface area contributed by atoms with E-state index in [1.54, 1.807) is 35.7 Å². The molecule has 0 spiro atoms. The Morgan fingerprint density at radius 1 is 1.13 bits per heavy atom. The lowest BCUT2D eigenvalue weighted by Crippen LogP contribution is -2.22. The molecule has 0 bridgehead atoms. The van der Waals surface area contributed by atoms with Crippen molar-refractivity contribution in [2.24, 2.45) is 0 Å². The maximum atomic E-state index is 12.6. The standard InChI is InChI=1S/C22H23F2N3O2S/c1-3-27(4-2)13-15-9-11-16(12-10-15)20(28)26-22-25-18(14-30-22)17-7-5-6-8-19(17)29-21(23)24/h5-12,14,21H,3-4,13H2,1-2H3,(H,25,26,28). The molecule has 3 rings (SSSR count). The zero-order valence-corrected chi connectivity index (χ0v) is 17.6. The highest BCUT2D eigenvalue weighted by molar-refractivity contribution is 7.14. The maximum absolute atomic E-state index is 12.6. The number of carbonyl (C=O) groups is 1. The van der Waals surface area contributed by atoms with Gasteiger partial charge >= 0.3 is 6.61 Å². The number of carbonyl (C=O) groups excluding carboxylic acids is 1. The second-order valence-electron chi connectivity index (χ2n) is 6.52. The molecule has 0 saturated heterocycles. The molecule has 8 heteroatoms. The number of ether oxygens (including phenoxy) is 1. The molecule has 0 saturated carbocycles. The van der Waals surface area contributed by atoms with Gasteiger partial charge < -0.3 is 4.74 Å². The van der Waals surface area contributed by atoms with Crippen LogP contribution in [0.15, 0.2) is 53.9 Å². The molecule has 0 aliphatic carbocycles. The number of nitrogens with one attached hydrogen (secondary N) is 1. The van der Waals surface area contributed by atoms with Crippen LogP contribution in [0.1, 0.15) is 29.8 Å². The number of halogens is 2. The number of benzene rings is 2. The van der Waals surface area contributed by atoms with Gasteiger partial charge in [-0.05, 0) is 42.9 Å². The van der Waals surface area contributed by atoms with Gasteiger partial charge in [-0.1, -0.05) is 38.1 Å². The predicted octanol–water partition coefficient (Wildman–Crippen LogP) is 5.51. The highest BCUT2D eigenvalue weighted by Gasteiger charge is 2.15. The van der Waals surface area contributed by atoms with Crippen LogP contribution >= 0.6 is 11.3 Å². The van der Waals surface area contributed by atoms with Gasteiger partial charge in [-0.3, -0.25) is 15.0 Å². The maximum Gasteiger partial charge on any atom is 0.387 e. The lowest BCUT2D eigenvalue weighted by molar-refractivity contribution is -0.0494. The minimum absolute atomic E-state index is 0.0412. The Kier molecular flexibility index (Phi) is 7.48. The van der Waals surface area contributed by atoms with Crippen molar-refractivity contribution in [3.63, 3.8) is 0 Å². The number of hydrogen-bond acceptors (Lipinski definition) is 5. The molecular weight excluding hydrogens is 408 g/mol. The van der Waals surface area contributed by atoms with Crippen LogP contribution < -0.4 is 10.1 Å². The molecule has 0 unspecified atom stereocenters. The molecule has 0 fully saturated rings. The molecule has 5 nitrogen and oxygen atoms in total. The Bertz CT molecular complexity index is 973. The average Bonchev–Trinajstić information content (AvgIpc) is 3.20. The SMILES string of the molecule is CCN(CC)Cc1ccc(C(=O)Nc2nc(-c3ccccc3OC(F)F)cs2)cc1. The third-order valence-corrected chi connectivity index (χ3v) is 5.38. The normalized spacial score (nSPS) is 11.1. The van der Waals surface area contributed by atoms with Gasteiger partial charge in [0.25, 0.3) is 5.91 Å². The summed E-state index contributed by atoms with van der Waals surface area (Å²) in [6, 6.07) is 13.9. The van der Waals surface area contributed by atoms with Gasteiger partial charge in [-0.15, -0.1) is 11.3 Å². The summed E-state index contributed by atoms with van der Waals surface area (Å²) in [6.45, 7) is 4.09. The van der Waals surface area contributed by atoms with Crippen LogP contribution in [0.4, 0.5) is 13.9 Å². The minimum atomic E-state index is -2.92. The molecule has 2 aromatic carbocycles. The van der Waals surface area contributed by atoms with E-state index in [1.807, 2.05) is 12.1 Å². The third-order valence-electron chi connectivity index (χ3n) is 4.62.